The van der Waals surface area contributed by atoms with Crippen LogP contribution in [0.25, 0.3) is 0 Å². The largest absolute Gasteiger partial charge is 0.481 e. The summed E-state index contributed by atoms with van der Waals surface area (Å²) in [6, 6.07) is 3.02. The molecule has 1 unspecified atom stereocenters. The highest BCUT2D eigenvalue weighted by atomic mass is 16.4. The van der Waals surface area contributed by atoms with Crippen LogP contribution in [0.1, 0.15) is 39.0 Å². The number of aliphatic carboxylic acids is 1. The van der Waals surface area contributed by atoms with E-state index in [1.54, 1.807) is 0 Å². The minimum atomic E-state index is -0.738. The Morgan fingerprint density at radius 1 is 1.67 bits per heavy atom. The van der Waals surface area contributed by atoms with Gasteiger partial charge in [0.1, 0.15) is 0 Å². The van der Waals surface area contributed by atoms with Gasteiger partial charge in [0.25, 0.3) is 0 Å². The Hall–Kier alpha value is -1.08. The van der Waals surface area contributed by atoms with Crippen molar-refractivity contribution in [1.82, 2.24) is 4.90 Å². The van der Waals surface area contributed by atoms with Gasteiger partial charge in [0.2, 0.25) is 0 Å². The van der Waals surface area contributed by atoms with Gasteiger partial charge in [-0.2, -0.15) is 5.26 Å². The number of carboxylic acid groups (broad SMARTS) is 1. The second kappa shape index (κ2) is 5.72. The van der Waals surface area contributed by atoms with Crippen molar-refractivity contribution in [3.63, 3.8) is 0 Å². The van der Waals surface area contributed by atoms with Gasteiger partial charge in [-0.05, 0) is 26.2 Å². The highest BCUT2D eigenvalue weighted by molar-refractivity contribution is 5.66. The van der Waals surface area contributed by atoms with Crippen LogP contribution in [0.5, 0.6) is 0 Å². The number of hydrogen-bond donors (Lipinski definition) is 1. The first kappa shape index (κ1) is 12.0. The zero-order valence-electron chi connectivity index (χ0n) is 9.15. The maximum atomic E-state index is 10.5. The van der Waals surface area contributed by atoms with Crippen LogP contribution in [0.4, 0.5) is 0 Å². The lowest BCUT2D eigenvalue weighted by atomic mass is 10.1. The first-order chi connectivity index (χ1) is 7.15. The lowest BCUT2D eigenvalue weighted by Gasteiger charge is -2.27. The fourth-order valence-electron chi connectivity index (χ4n) is 1.85. The summed E-state index contributed by atoms with van der Waals surface area (Å²) >= 11 is 0. The molecule has 84 valence electrons. The van der Waals surface area contributed by atoms with E-state index in [-0.39, 0.29) is 12.5 Å². The standard InChI is InChI=1S/C11H18N2O2/c1-9(3-6-11(14)15)13(8-2-7-12)10-4-5-10/h9-10H,2-6,8H2,1H3,(H,14,15). The molecular weight excluding hydrogens is 192 g/mol. The molecule has 1 aliphatic rings. The topological polar surface area (TPSA) is 64.3 Å². The van der Waals surface area contributed by atoms with Gasteiger partial charge in [0, 0.05) is 31.5 Å². The number of carbonyl (C=O) groups is 1. The Morgan fingerprint density at radius 3 is 2.80 bits per heavy atom. The van der Waals surface area contributed by atoms with E-state index < -0.39 is 5.97 Å². The van der Waals surface area contributed by atoms with Gasteiger partial charge in [-0.25, -0.2) is 0 Å². The van der Waals surface area contributed by atoms with Crippen molar-refractivity contribution in [3.05, 3.63) is 0 Å². The van der Waals surface area contributed by atoms with E-state index in [1.165, 1.54) is 12.8 Å². The predicted molar refractivity (Wildman–Crippen MR) is 56.3 cm³/mol. The molecule has 0 spiro atoms. The average Bonchev–Trinajstić information content (AvgIpc) is 2.99. The van der Waals surface area contributed by atoms with Gasteiger partial charge in [-0.3, -0.25) is 9.69 Å². The molecule has 1 saturated carbocycles. The summed E-state index contributed by atoms with van der Waals surface area (Å²) in [5, 5.41) is 17.2. The van der Waals surface area contributed by atoms with Crippen LogP contribution in [0, 0.1) is 11.3 Å². The molecule has 0 bridgehead atoms. The Kier molecular flexibility index (Phi) is 4.57. The van der Waals surface area contributed by atoms with Crippen LogP contribution in [0.2, 0.25) is 0 Å². The maximum Gasteiger partial charge on any atom is 0.303 e. The summed E-state index contributed by atoms with van der Waals surface area (Å²) in [7, 11) is 0. The second-order valence-corrected chi connectivity index (χ2v) is 4.16. The molecular formula is C11H18N2O2. The molecule has 1 aliphatic carbocycles. The summed E-state index contributed by atoms with van der Waals surface area (Å²) in [5.74, 6) is -0.738. The molecule has 1 atom stereocenters. The van der Waals surface area contributed by atoms with Gasteiger partial charge < -0.3 is 5.11 Å². The van der Waals surface area contributed by atoms with Crippen molar-refractivity contribution >= 4 is 5.97 Å². The van der Waals surface area contributed by atoms with Crippen molar-refractivity contribution in [2.45, 2.75) is 51.1 Å². The number of nitriles is 1. The minimum Gasteiger partial charge on any atom is -0.481 e. The van der Waals surface area contributed by atoms with Gasteiger partial charge in [-0.15, -0.1) is 0 Å². The molecule has 0 amide bonds. The summed E-state index contributed by atoms with van der Waals surface area (Å²) in [6.07, 6.45) is 3.83. The first-order valence-corrected chi connectivity index (χ1v) is 5.49. The maximum absolute atomic E-state index is 10.5. The van der Waals surface area contributed by atoms with Crippen molar-refractivity contribution in [2.75, 3.05) is 6.54 Å². The molecule has 0 aliphatic heterocycles. The van der Waals surface area contributed by atoms with E-state index in [2.05, 4.69) is 17.9 Å². The second-order valence-electron chi connectivity index (χ2n) is 4.16. The molecule has 0 heterocycles. The summed E-state index contributed by atoms with van der Waals surface area (Å²) in [4.78, 5) is 12.7. The van der Waals surface area contributed by atoms with Crippen molar-refractivity contribution in [1.29, 1.82) is 5.26 Å². The number of carboxylic acids is 1. The van der Waals surface area contributed by atoms with Crippen LogP contribution >= 0.6 is 0 Å². The molecule has 0 saturated heterocycles. The van der Waals surface area contributed by atoms with Gasteiger partial charge >= 0.3 is 5.97 Å². The van der Waals surface area contributed by atoms with E-state index in [0.29, 0.717) is 18.9 Å². The monoisotopic (exact) mass is 210 g/mol. The summed E-state index contributed by atoms with van der Waals surface area (Å²) < 4.78 is 0. The van der Waals surface area contributed by atoms with Crippen LogP contribution in [0.15, 0.2) is 0 Å². The Morgan fingerprint density at radius 2 is 2.33 bits per heavy atom. The van der Waals surface area contributed by atoms with Crippen LogP contribution in [0.3, 0.4) is 0 Å². The van der Waals surface area contributed by atoms with E-state index in [1.807, 2.05) is 0 Å². The zero-order chi connectivity index (χ0) is 11.3. The zero-order valence-corrected chi connectivity index (χ0v) is 9.15. The number of hydrogen-bond acceptors (Lipinski definition) is 3. The first-order valence-electron chi connectivity index (χ1n) is 5.49. The molecule has 1 fully saturated rings. The highest BCUT2D eigenvalue weighted by Crippen LogP contribution is 2.29. The molecule has 15 heavy (non-hydrogen) atoms. The molecule has 1 N–H and O–H groups in total. The summed E-state index contributed by atoms with van der Waals surface area (Å²) in [6.45, 7) is 2.83. The van der Waals surface area contributed by atoms with Gasteiger partial charge in [-0.1, -0.05) is 0 Å². The van der Waals surface area contributed by atoms with Gasteiger partial charge in [0.15, 0.2) is 0 Å². The van der Waals surface area contributed by atoms with Crippen LogP contribution in [-0.4, -0.2) is 34.6 Å². The quantitative estimate of drug-likeness (QED) is 0.693. The SMILES string of the molecule is CC(CCC(=O)O)N(CCC#N)C1CC1. The predicted octanol–water partition coefficient (Wildman–Crippen LogP) is 1.62. The van der Waals surface area contributed by atoms with Gasteiger partial charge in [0.05, 0.1) is 6.07 Å². The lowest BCUT2D eigenvalue weighted by molar-refractivity contribution is -0.137. The Bertz CT molecular complexity index is 256. The van der Waals surface area contributed by atoms with Crippen molar-refractivity contribution in [3.8, 4) is 6.07 Å². The normalized spacial score (nSPS) is 17.4. The van der Waals surface area contributed by atoms with E-state index in [0.717, 1.165) is 6.54 Å². The lowest BCUT2D eigenvalue weighted by Crippen LogP contribution is -2.36. The third-order valence-electron chi connectivity index (χ3n) is 2.84. The molecule has 4 heteroatoms. The highest BCUT2D eigenvalue weighted by Gasteiger charge is 2.31. The smallest absolute Gasteiger partial charge is 0.303 e. The van der Waals surface area contributed by atoms with E-state index in [4.69, 9.17) is 10.4 Å². The van der Waals surface area contributed by atoms with Crippen LogP contribution < -0.4 is 0 Å². The third kappa shape index (κ3) is 4.30. The minimum absolute atomic E-state index is 0.219. The third-order valence-corrected chi connectivity index (χ3v) is 2.84. The van der Waals surface area contributed by atoms with Crippen LogP contribution in [-0.2, 0) is 4.79 Å². The number of nitrogens with zero attached hydrogens (tertiary/aromatic N) is 2. The number of rotatable bonds is 7. The molecule has 0 radical (unpaired) electrons. The van der Waals surface area contributed by atoms with E-state index in [9.17, 15) is 4.79 Å². The summed E-state index contributed by atoms with van der Waals surface area (Å²) in [5.41, 5.74) is 0. The van der Waals surface area contributed by atoms with Crippen molar-refractivity contribution in [2.24, 2.45) is 0 Å². The Balaban J connectivity index is 2.33. The molecule has 1 rings (SSSR count). The van der Waals surface area contributed by atoms with E-state index >= 15 is 0 Å². The molecule has 4 nitrogen and oxygen atoms in total. The fourth-order valence-corrected chi connectivity index (χ4v) is 1.85. The Labute approximate surface area is 90.5 Å². The molecule has 0 aromatic heterocycles. The fraction of sp³-hybridized carbons (Fsp3) is 0.818. The molecule has 0 aromatic rings. The molecule has 0 aromatic carbocycles. The van der Waals surface area contributed by atoms with Crippen molar-refractivity contribution < 1.29 is 9.90 Å². The average molecular weight is 210 g/mol.